The molecule has 3 rings (SSSR count). The summed E-state index contributed by atoms with van der Waals surface area (Å²) < 4.78 is 0. The van der Waals surface area contributed by atoms with E-state index in [0.717, 1.165) is 51.4 Å². The van der Waals surface area contributed by atoms with Crippen LogP contribution in [0, 0.1) is 5.92 Å². The second kappa shape index (κ2) is 11.3. The Morgan fingerprint density at radius 3 is 2.47 bits per heavy atom. The molecule has 1 aliphatic carbocycles. The Kier molecular flexibility index (Phi) is 8.55. The van der Waals surface area contributed by atoms with Crippen molar-refractivity contribution in [3.05, 3.63) is 35.4 Å². The summed E-state index contributed by atoms with van der Waals surface area (Å²) in [5.74, 6) is 1.47. The fraction of sp³-hybridized carbons (Fsp3) is 0.667. The fourth-order valence-corrected chi connectivity index (χ4v) is 4.48. The number of guanidine groups is 1. The molecule has 1 atom stereocenters. The molecule has 1 aromatic carbocycles. The van der Waals surface area contributed by atoms with Gasteiger partial charge in [-0.15, -0.1) is 0 Å². The molecule has 0 bridgehead atoms. The van der Waals surface area contributed by atoms with Crippen LogP contribution in [0.2, 0.25) is 0 Å². The van der Waals surface area contributed by atoms with E-state index >= 15 is 0 Å². The van der Waals surface area contributed by atoms with Gasteiger partial charge in [-0.25, -0.2) is 4.99 Å². The normalized spacial score (nSPS) is 20.6. The number of hydrogen-bond acceptors (Lipinski definition) is 3. The number of nitrogens with one attached hydrogen (secondary N) is 2. The highest BCUT2D eigenvalue weighted by Gasteiger charge is 2.31. The van der Waals surface area contributed by atoms with Crippen LogP contribution in [0.4, 0.5) is 0 Å². The molecular formula is C24H39N5O. The molecule has 30 heavy (non-hydrogen) atoms. The van der Waals surface area contributed by atoms with E-state index < -0.39 is 0 Å². The molecular weight excluding hydrogens is 374 g/mol. The van der Waals surface area contributed by atoms with Crippen LogP contribution < -0.4 is 10.6 Å². The maximum atomic E-state index is 12.8. The Balaban J connectivity index is 1.51. The molecule has 166 valence electrons. The van der Waals surface area contributed by atoms with Crippen LogP contribution in [0.15, 0.2) is 29.3 Å². The molecule has 1 saturated carbocycles. The summed E-state index contributed by atoms with van der Waals surface area (Å²) in [6.45, 7) is 6.16. The third kappa shape index (κ3) is 6.73. The zero-order valence-electron chi connectivity index (χ0n) is 19.0. The van der Waals surface area contributed by atoms with Crippen molar-refractivity contribution >= 4 is 11.9 Å². The molecule has 6 heteroatoms. The molecule has 1 aromatic rings. The summed E-state index contributed by atoms with van der Waals surface area (Å²) in [4.78, 5) is 21.8. The van der Waals surface area contributed by atoms with Crippen molar-refractivity contribution in [1.29, 1.82) is 0 Å². The van der Waals surface area contributed by atoms with Gasteiger partial charge in [0.15, 0.2) is 5.96 Å². The first-order valence-corrected chi connectivity index (χ1v) is 11.6. The second-order valence-corrected chi connectivity index (χ2v) is 9.00. The van der Waals surface area contributed by atoms with Gasteiger partial charge in [-0.3, -0.25) is 4.79 Å². The van der Waals surface area contributed by atoms with Crippen molar-refractivity contribution in [2.75, 3.05) is 33.7 Å². The zero-order valence-corrected chi connectivity index (χ0v) is 19.0. The van der Waals surface area contributed by atoms with Crippen molar-refractivity contribution in [3.8, 4) is 0 Å². The van der Waals surface area contributed by atoms with Gasteiger partial charge in [0.2, 0.25) is 5.91 Å². The van der Waals surface area contributed by atoms with Gasteiger partial charge in [-0.1, -0.05) is 43.5 Å². The quantitative estimate of drug-likeness (QED) is 0.533. The van der Waals surface area contributed by atoms with Crippen LogP contribution >= 0.6 is 0 Å². The van der Waals surface area contributed by atoms with E-state index in [2.05, 4.69) is 65.7 Å². The monoisotopic (exact) mass is 413 g/mol. The zero-order chi connectivity index (χ0) is 21.3. The van der Waals surface area contributed by atoms with Gasteiger partial charge >= 0.3 is 0 Å². The first kappa shape index (κ1) is 22.6. The Labute approximate surface area is 182 Å². The number of nitrogens with zero attached hydrogens (tertiary/aromatic N) is 3. The summed E-state index contributed by atoms with van der Waals surface area (Å²) in [6.07, 6.45) is 6.84. The molecule has 2 aliphatic rings. The van der Waals surface area contributed by atoms with Crippen molar-refractivity contribution in [2.45, 2.75) is 64.6 Å². The van der Waals surface area contributed by atoms with Crippen LogP contribution in [-0.2, 0) is 17.9 Å². The van der Waals surface area contributed by atoms with E-state index in [1.165, 1.54) is 30.4 Å². The molecule has 0 aromatic heterocycles. The van der Waals surface area contributed by atoms with E-state index in [1.54, 1.807) is 0 Å². The maximum absolute atomic E-state index is 12.8. The third-order valence-electron chi connectivity index (χ3n) is 6.08. The van der Waals surface area contributed by atoms with Gasteiger partial charge in [-0.2, -0.15) is 0 Å². The average molecular weight is 414 g/mol. The Bertz CT molecular complexity index is 694. The summed E-state index contributed by atoms with van der Waals surface area (Å²) >= 11 is 0. The van der Waals surface area contributed by atoms with Crippen molar-refractivity contribution in [3.63, 3.8) is 0 Å². The lowest BCUT2D eigenvalue weighted by Crippen LogP contribution is -2.45. The van der Waals surface area contributed by atoms with E-state index in [9.17, 15) is 4.79 Å². The molecule has 1 aliphatic heterocycles. The van der Waals surface area contributed by atoms with Crippen molar-refractivity contribution in [2.24, 2.45) is 10.9 Å². The van der Waals surface area contributed by atoms with E-state index in [0.29, 0.717) is 12.5 Å². The van der Waals surface area contributed by atoms with E-state index in [-0.39, 0.29) is 12.0 Å². The fourth-order valence-electron chi connectivity index (χ4n) is 4.48. The minimum Gasteiger partial charge on any atom is -0.357 e. The average Bonchev–Trinajstić information content (AvgIpc) is 3.21. The number of aliphatic imine (C=N–C) groups is 1. The predicted molar refractivity (Wildman–Crippen MR) is 123 cm³/mol. The second-order valence-electron chi connectivity index (χ2n) is 9.00. The van der Waals surface area contributed by atoms with Gasteiger partial charge in [0.05, 0.1) is 6.54 Å². The van der Waals surface area contributed by atoms with Gasteiger partial charge in [0.1, 0.15) is 0 Å². The molecule has 1 amide bonds. The lowest BCUT2D eigenvalue weighted by Gasteiger charge is -2.26. The number of amides is 1. The van der Waals surface area contributed by atoms with Crippen LogP contribution in [0.3, 0.4) is 0 Å². The Morgan fingerprint density at radius 1 is 1.10 bits per heavy atom. The lowest BCUT2D eigenvalue weighted by atomic mass is 9.88. The molecule has 1 heterocycles. The van der Waals surface area contributed by atoms with Gasteiger partial charge in [-0.05, 0) is 51.4 Å². The van der Waals surface area contributed by atoms with Crippen LogP contribution in [0.5, 0.6) is 0 Å². The molecule has 6 nitrogen and oxygen atoms in total. The molecule has 0 spiro atoms. The van der Waals surface area contributed by atoms with Crippen molar-refractivity contribution < 1.29 is 4.79 Å². The predicted octanol–water partition coefficient (Wildman–Crippen LogP) is 2.98. The first-order chi connectivity index (χ1) is 14.5. The van der Waals surface area contributed by atoms with Crippen molar-refractivity contribution in [1.82, 2.24) is 20.4 Å². The maximum Gasteiger partial charge on any atom is 0.225 e. The SMILES string of the molecule is CCNC(=NCc1ccc(CN(C)C)cc1)NC1CCN(C(=O)C2CCCCC2)C1. The minimum atomic E-state index is 0.259. The smallest absolute Gasteiger partial charge is 0.225 e. The highest BCUT2D eigenvalue weighted by atomic mass is 16.2. The standard InChI is InChI=1S/C24H39N5O/c1-4-25-24(26-16-19-10-12-20(13-11-19)17-28(2)3)27-22-14-15-29(18-22)23(30)21-8-6-5-7-9-21/h10-13,21-22H,4-9,14-18H2,1-3H3,(H2,25,26,27). The third-order valence-corrected chi connectivity index (χ3v) is 6.08. The number of carbonyl (C=O) groups excluding carboxylic acids is 1. The highest BCUT2D eigenvalue weighted by molar-refractivity contribution is 5.81. The lowest BCUT2D eigenvalue weighted by molar-refractivity contribution is -0.135. The van der Waals surface area contributed by atoms with Gasteiger partial charge in [0, 0.05) is 38.1 Å². The number of benzene rings is 1. The van der Waals surface area contributed by atoms with Gasteiger partial charge < -0.3 is 20.4 Å². The van der Waals surface area contributed by atoms with Crippen LogP contribution in [0.25, 0.3) is 0 Å². The highest BCUT2D eigenvalue weighted by Crippen LogP contribution is 2.26. The number of hydrogen-bond donors (Lipinski definition) is 2. The van der Waals surface area contributed by atoms with Crippen LogP contribution in [0.1, 0.15) is 56.6 Å². The minimum absolute atomic E-state index is 0.259. The topological polar surface area (TPSA) is 60.0 Å². The first-order valence-electron chi connectivity index (χ1n) is 11.6. The van der Waals surface area contributed by atoms with Crippen LogP contribution in [-0.4, -0.2) is 61.4 Å². The molecule has 1 saturated heterocycles. The number of likely N-dealkylation sites (tertiary alicyclic amines) is 1. The largest absolute Gasteiger partial charge is 0.357 e. The van der Waals surface area contributed by atoms with Gasteiger partial charge in [0.25, 0.3) is 0 Å². The summed E-state index contributed by atoms with van der Waals surface area (Å²) in [7, 11) is 4.17. The summed E-state index contributed by atoms with van der Waals surface area (Å²) in [5, 5.41) is 6.90. The molecule has 1 unspecified atom stereocenters. The molecule has 2 fully saturated rings. The molecule has 2 N–H and O–H groups in total. The Morgan fingerprint density at radius 2 is 1.80 bits per heavy atom. The number of carbonyl (C=O) groups is 1. The van der Waals surface area contributed by atoms with E-state index in [4.69, 9.17) is 4.99 Å². The number of rotatable bonds is 7. The summed E-state index contributed by atoms with van der Waals surface area (Å²) in [5.41, 5.74) is 2.52. The Hall–Kier alpha value is -2.08. The summed E-state index contributed by atoms with van der Waals surface area (Å²) in [6, 6.07) is 8.95. The molecule has 0 radical (unpaired) electrons. The van der Waals surface area contributed by atoms with E-state index in [1.807, 2.05) is 0 Å².